The van der Waals surface area contributed by atoms with Gasteiger partial charge in [-0.25, -0.2) is 4.98 Å². The number of carbonyl (C=O) groups is 1. The largest absolute Gasteiger partial charge is 0.370 e. The minimum absolute atomic E-state index is 0.0102. The minimum Gasteiger partial charge on any atom is -0.370 e. The summed E-state index contributed by atoms with van der Waals surface area (Å²) in [5.41, 5.74) is 15.4. The van der Waals surface area contributed by atoms with Gasteiger partial charge in [-0.1, -0.05) is 0 Å². The third-order valence-corrected chi connectivity index (χ3v) is 2.49. The van der Waals surface area contributed by atoms with Crippen LogP contribution < -0.4 is 17.2 Å². The van der Waals surface area contributed by atoms with Gasteiger partial charge in [0, 0.05) is 11.8 Å². The molecule has 6 nitrogen and oxygen atoms in total. The van der Waals surface area contributed by atoms with Crippen molar-refractivity contribution in [2.75, 3.05) is 0 Å². The number of guanidine groups is 1. The molecular formula is C8H13N5OS. The van der Waals surface area contributed by atoms with Crippen LogP contribution in [0.5, 0.6) is 0 Å². The van der Waals surface area contributed by atoms with Gasteiger partial charge in [0.05, 0.1) is 5.01 Å². The highest BCUT2D eigenvalue weighted by Gasteiger charge is 2.02. The predicted molar refractivity (Wildman–Crippen MR) is 59.7 cm³/mol. The van der Waals surface area contributed by atoms with Gasteiger partial charge in [0.2, 0.25) is 5.91 Å². The zero-order chi connectivity index (χ0) is 11.3. The first-order valence-electron chi connectivity index (χ1n) is 4.40. The summed E-state index contributed by atoms with van der Waals surface area (Å²) in [6.07, 6.45) is 1.79. The molecule has 0 fully saturated rings. The highest BCUT2D eigenvalue weighted by molar-refractivity contribution is 7.10. The number of hydrogen-bond donors (Lipinski definition) is 3. The molecule has 1 aromatic heterocycles. The average Bonchev–Trinajstić information content (AvgIpc) is 2.50. The Morgan fingerprint density at radius 3 is 2.80 bits per heavy atom. The lowest BCUT2D eigenvalue weighted by atomic mass is 10.2. The molecule has 0 bridgehead atoms. The van der Waals surface area contributed by atoms with Gasteiger partial charge in [0.25, 0.3) is 0 Å². The van der Waals surface area contributed by atoms with E-state index in [1.807, 2.05) is 0 Å². The fraction of sp³-hybridized carbons (Fsp3) is 0.375. The van der Waals surface area contributed by atoms with Crippen LogP contribution in [-0.4, -0.2) is 16.9 Å². The zero-order valence-corrected chi connectivity index (χ0v) is 8.96. The van der Waals surface area contributed by atoms with Crippen LogP contribution in [0.2, 0.25) is 0 Å². The molecule has 82 valence electrons. The molecule has 7 heteroatoms. The maximum Gasteiger partial charge on any atom is 0.217 e. The molecule has 0 aromatic carbocycles. The molecule has 1 aromatic rings. The van der Waals surface area contributed by atoms with Crippen molar-refractivity contribution in [1.82, 2.24) is 4.98 Å². The van der Waals surface area contributed by atoms with E-state index in [2.05, 4.69) is 9.98 Å². The van der Waals surface area contributed by atoms with E-state index in [1.54, 1.807) is 5.38 Å². The Morgan fingerprint density at radius 1 is 1.47 bits per heavy atom. The number of primary amides is 1. The topological polar surface area (TPSA) is 120 Å². The summed E-state index contributed by atoms with van der Waals surface area (Å²) in [5, 5.41) is 2.66. The summed E-state index contributed by atoms with van der Waals surface area (Å²) in [6, 6.07) is 0. The van der Waals surface area contributed by atoms with Crippen molar-refractivity contribution < 1.29 is 4.79 Å². The number of carbonyl (C=O) groups excluding carboxylic acids is 1. The summed E-state index contributed by atoms with van der Waals surface area (Å²) in [6.45, 7) is 0. The number of hydrogen-bond acceptors (Lipinski definition) is 4. The molecule has 1 amide bonds. The second-order valence-corrected chi connectivity index (χ2v) is 3.90. The zero-order valence-electron chi connectivity index (χ0n) is 8.14. The predicted octanol–water partition coefficient (Wildman–Crippen LogP) is -0.144. The monoisotopic (exact) mass is 227 g/mol. The van der Waals surface area contributed by atoms with Gasteiger partial charge >= 0.3 is 0 Å². The lowest BCUT2D eigenvalue weighted by molar-refractivity contribution is -0.118. The van der Waals surface area contributed by atoms with Crippen LogP contribution in [-0.2, 0) is 11.2 Å². The maximum absolute atomic E-state index is 10.5. The summed E-state index contributed by atoms with van der Waals surface area (Å²) in [7, 11) is 0. The smallest absolute Gasteiger partial charge is 0.217 e. The molecule has 1 heterocycles. The van der Waals surface area contributed by atoms with Crippen LogP contribution in [0.3, 0.4) is 0 Å². The standard InChI is InChI=1S/C8H13N5OS/c9-5(14)2-1-3-7-12-6(4-15-7)13-8(10)11/h4H,1-3H2,(H2,9,14)(H4,10,11,13). The Hall–Kier alpha value is -1.63. The lowest BCUT2D eigenvalue weighted by Crippen LogP contribution is -2.21. The first-order chi connectivity index (χ1) is 7.08. The van der Waals surface area contributed by atoms with E-state index >= 15 is 0 Å². The number of aryl methyl sites for hydroxylation is 1. The average molecular weight is 227 g/mol. The van der Waals surface area contributed by atoms with Gasteiger partial charge < -0.3 is 17.2 Å². The first-order valence-corrected chi connectivity index (χ1v) is 5.28. The van der Waals surface area contributed by atoms with Crippen molar-refractivity contribution in [1.29, 1.82) is 0 Å². The Bertz CT molecular complexity index is 369. The van der Waals surface area contributed by atoms with Gasteiger partial charge in [-0.2, -0.15) is 4.99 Å². The van der Waals surface area contributed by atoms with E-state index in [1.165, 1.54) is 11.3 Å². The van der Waals surface area contributed by atoms with Crippen molar-refractivity contribution >= 4 is 29.0 Å². The summed E-state index contributed by atoms with van der Waals surface area (Å²) in [5.74, 6) is 0.203. The summed E-state index contributed by atoms with van der Waals surface area (Å²) >= 11 is 1.46. The summed E-state index contributed by atoms with van der Waals surface area (Å²) < 4.78 is 0. The Labute approximate surface area is 91.2 Å². The molecule has 0 spiro atoms. The molecule has 15 heavy (non-hydrogen) atoms. The van der Waals surface area contributed by atoms with Crippen LogP contribution in [0.4, 0.5) is 5.82 Å². The molecular weight excluding hydrogens is 214 g/mol. The normalized spacial score (nSPS) is 9.87. The van der Waals surface area contributed by atoms with Crippen molar-refractivity contribution in [3.8, 4) is 0 Å². The van der Waals surface area contributed by atoms with Crippen LogP contribution >= 0.6 is 11.3 Å². The van der Waals surface area contributed by atoms with E-state index in [-0.39, 0.29) is 11.9 Å². The van der Waals surface area contributed by atoms with Gasteiger partial charge in [0.1, 0.15) is 0 Å². The van der Waals surface area contributed by atoms with Crippen LogP contribution in [0.15, 0.2) is 10.4 Å². The van der Waals surface area contributed by atoms with Crippen molar-refractivity contribution in [2.45, 2.75) is 19.3 Å². The molecule has 0 unspecified atom stereocenters. The molecule has 0 saturated carbocycles. The number of aliphatic imine (C=N–C) groups is 1. The second kappa shape index (κ2) is 5.30. The highest BCUT2D eigenvalue weighted by atomic mass is 32.1. The fourth-order valence-corrected chi connectivity index (χ4v) is 1.77. The molecule has 0 aliphatic rings. The molecule has 6 N–H and O–H groups in total. The number of rotatable bonds is 5. The first kappa shape index (κ1) is 11.4. The van der Waals surface area contributed by atoms with Crippen molar-refractivity contribution in [3.63, 3.8) is 0 Å². The number of thiazole rings is 1. The second-order valence-electron chi connectivity index (χ2n) is 2.96. The Morgan fingerprint density at radius 2 is 2.20 bits per heavy atom. The van der Waals surface area contributed by atoms with E-state index in [9.17, 15) is 4.79 Å². The molecule has 0 saturated heterocycles. The minimum atomic E-state index is -0.295. The number of nitrogens with zero attached hydrogens (tertiary/aromatic N) is 2. The van der Waals surface area contributed by atoms with Crippen LogP contribution in [0.25, 0.3) is 0 Å². The van der Waals surface area contributed by atoms with E-state index in [0.717, 1.165) is 5.01 Å². The van der Waals surface area contributed by atoms with E-state index in [4.69, 9.17) is 17.2 Å². The molecule has 0 aliphatic heterocycles. The van der Waals surface area contributed by atoms with Gasteiger partial charge in [-0.05, 0) is 12.8 Å². The summed E-state index contributed by atoms with van der Waals surface area (Å²) in [4.78, 5) is 18.5. The maximum atomic E-state index is 10.5. The number of amides is 1. The number of nitrogens with two attached hydrogens (primary N) is 3. The highest BCUT2D eigenvalue weighted by Crippen LogP contribution is 2.18. The lowest BCUT2D eigenvalue weighted by Gasteiger charge is -1.93. The third kappa shape index (κ3) is 4.41. The van der Waals surface area contributed by atoms with E-state index in [0.29, 0.717) is 25.1 Å². The third-order valence-electron chi connectivity index (χ3n) is 1.60. The molecule has 0 radical (unpaired) electrons. The van der Waals surface area contributed by atoms with Crippen LogP contribution in [0, 0.1) is 0 Å². The van der Waals surface area contributed by atoms with Gasteiger partial charge in [-0.15, -0.1) is 11.3 Å². The van der Waals surface area contributed by atoms with Crippen molar-refractivity contribution in [3.05, 3.63) is 10.4 Å². The molecule has 1 rings (SSSR count). The number of aromatic nitrogens is 1. The fourth-order valence-electron chi connectivity index (χ4n) is 1.01. The van der Waals surface area contributed by atoms with Gasteiger partial charge in [0.15, 0.2) is 11.8 Å². The Kier molecular flexibility index (Phi) is 4.04. The molecule has 0 aliphatic carbocycles. The van der Waals surface area contributed by atoms with Crippen LogP contribution in [0.1, 0.15) is 17.8 Å². The van der Waals surface area contributed by atoms with Gasteiger partial charge in [-0.3, -0.25) is 4.79 Å². The quantitative estimate of drug-likeness (QED) is 0.478. The molecule has 0 atom stereocenters. The SMILES string of the molecule is NC(=O)CCCc1nc(N=C(N)N)cs1. The van der Waals surface area contributed by atoms with E-state index < -0.39 is 0 Å². The Balaban J connectivity index is 2.46. The van der Waals surface area contributed by atoms with Crippen molar-refractivity contribution in [2.24, 2.45) is 22.2 Å².